The van der Waals surface area contributed by atoms with E-state index in [-0.39, 0.29) is 0 Å². The highest BCUT2D eigenvalue weighted by molar-refractivity contribution is 4.90. The first-order chi connectivity index (χ1) is 8.40. The van der Waals surface area contributed by atoms with E-state index >= 15 is 0 Å². The molecule has 0 N–H and O–H groups in total. The van der Waals surface area contributed by atoms with Gasteiger partial charge in [0, 0.05) is 0 Å². The van der Waals surface area contributed by atoms with Crippen molar-refractivity contribution in [3.63, 3.8) is 0 Å². The van der Waals surface area contributed by atoms with Gasteiger partial charge in [-0.2, -0.15) is 0 Å². The van der Waals surface area contributed by atoms with E-state index in [4.69, 9.17) is 0 Å². The molecule has 2 fully saturated rings. The van der Waals surface area contributed by atoms with Crippen LogP contribution in [0.2, 0.25) is 0 Å². The van der Waals surface area contributed by atoms with Gasteiger partial charge in [-0.15, -0.1) is 0 Å². The van der Waals surface area contributed by atoms with Gasteiger partial charge < -0.3 is 0 Å². The van der Waals surface area contributed by atoms with Crippen LogP contribution in [0, 0.1) is 47.3 Å². The fraction of sp³-hybridized carbons (Fsp3) is 1.00. The first kappa shape index (κ1) is 14.4. The quantitative estimate of drug-likeness (QED) is 0.566. The molecule has 0 nitrogen and oxygen atoms in total. The topological polar surface area (TPSA) is 0 Å². The zero-order valence-corrected chi connectivity index (χ0v) is 13.4. The Kier molecular flexibility index (Phi) is 4.44. The highest BCUT2D eigenvalue weighted by Crippen LogP contribution is 2.49. The maximum atomic E-state index is 2.53. The molecular formula is C18H34. The van der Waals surface area contributed by atoms with Gasteiger partial charge in [-0.05, 0) is 73.0 Å². The van der Waals surface area contributed by atoms with Gasteiger partial charge in [0.15, 0.2) is 0 Å². The minimum absolute atomic E-state index is 0.939. The maximum absolute atomic E-state index is 2.53. The summed E-state index contributed by atoms with van der Waals surface area (Å²) in [4.78, 5) is 0. The molecule has 0 aromatic rings. The lowest BCUT2D eigenvalue weighted by atomic mass is 9.58. The summed E-state index contributed by atoms with van der Waals surface area (Å²) < 4.78 is 0. The van der Waals surface area contributed by atoms with Gasteiger partial charge in [-0.1, -0.05) is 41.5 Å². The Morgan fingerprint density at radius 3 is 1.44 bits per heavy atom. The Balaban J connectivity index is 2.06. The second-order valence-corrected chi connectivity index (χ2v) is 8.15. The Labute approximate surface area is 115 Å². The summed E-state index contributed by atoms with van der Waals surface area (Å²) in [6, 6.07) is 0. The molecule has 2 rings (SSSR count). The lowest BCUT2D eigenvalue weighted by molar-refractivity contribution is 0.0200. The molecule has 18 heavy (non-hydrogen) atoms. The molecule has 0 aliphatic heterocycles. The monoisotopic (exact) mass is 250 g/mol. The third-order valence-electron chi connectivity index (χ3n) is 6.55. The van der Waals surface area contributed by atoms with E-state index < -0.39 is 0 Å². The van der Waals surface area contributed by atoms with Crippen molar-refractivity contribution < 1.29 is 0 Å². The summed E-state index contributed by atoms with van der Waals surface area (Å²) in [5.41, 5.74) is 0. The van der Waals surface area contributed by atoms with Crippen LogP contribution in [0.4, 0.5) is 0 Å². The summed E-state index contributed by atoms with van der Waals surface area (Å²) in [7, 11) is 0. The summed E-state index contributed by atoms with van der Waals surface area (Å²) in [5.74, 6) is 7.73. The summed E-state index contributed by atoms with van der Waals surface area (Å²) >= 11 is 0. The van der Waals surface area contributed by atoms with Crippen molar-refractivity contribution in [2.24, 2.45) is 47.3 Å². The van der Waals surface area contributed by atoms with Crippen LogP contribution in [0.15, 0.2) is 0 Å². The van der Waals surface area contributed by atoms with Gasteiger partial charge in [0.05, 0.1) is 0 Å². The molecule has 2 saturated carbocycles. The van der Waals surface area contributed by atoms with E-state index in [2.05, 4.69) is 41.5 Å². The van der Waals surface area contributed by atoms with Gasteiger partial charge in [-0.3, -0.25) is 0 Å². The Hall–Kier alpha value is 0. The van der Waals surface area contributed by atoms with E-state index in [0.29, 0.717) is 0 Å². The third-order valence-corrected chi connectivity index (χ3v) is 6.55. The number of rotatable bonds is 1. The van der Waals surface area contributed by atoms with Crippen molar-refractivity contribution in [2.45, 2.75) is 67.2 Å². The number of hydrogen-bond donors (Lipinski definition) is 0. The van der Waals surface area contributed by atoms with Crippen molar-refractivity contribution in [2.75, 3.05) is 0 Å². The molecule has 0 radical (unpaired) electrons. The molecule has 0 amide bonds. The minimum Gasteiger partial charge on any atom is -0.0625 e. The van der Waals surface area contributed by atoms with Gasteiger partial charge in [-0.25, -0.2) is 0 Å². The highest BCUT2D eigenvalue weighted by Gasteiger charge is 2.40. The fourth-order valence-electron chi connectivity index (χ4n) is 5.53. The van der Waals surface area contributed by atoms with Crippen LogP contribution < -0.4 is 0 Å². The second kappa shape index (κ2) is 5.55. The molecule has 0 heteroatoms. The fourth-order valence-corrected chi connectivity index (χ4v) is 5.53. The van der Waals surface area contributed by atoms with Crippen LogP contribution in [-0.2, 0) is 0 Å². The van der Waals surface area contributed by atoms with Gasteiger partial charge in [0.1, 0.15) is 0 Å². The molecule has 0 aromatic heterocycles. The first-order valence-electron chi connectivity index (χ1n) is 8.40. The largest absolute Gasteiger partial charge is 0.0625 e. The smallest absolute Gasteiger partial charge is 0.0334 e. The SMILES string of the molecule is CC1CC(C)C(C2CC(C)C(C)C(C)C2)C(C)C1. The molecule has 2 aliphatic carbocycles. The average Bonchev–Trinajstić information content (AvgIpc) is 2.24. The van der Waals surface area contributed by atoms with Gasteiger partial charge >= 0.3 is 0 Å². The van der Waals surface area contributed by atoms with Crippen LogP contribution in [0.1, 0.15) is 67.2 Å². The molecule has 0 spiro atoms. The Bertz CT molecular complexity index is 245. The molecule has 0 saturated heterocycles. The lowest BCUT2D eigenvalue weighted by Gasteiger charge is -2.47. The van der Waals surface area contributed by atoms with Crippen molar-refractivity contribution in [1.82, 2.24) is 0 Å². The van der Waals surface area contributed by atoms with E-state index in [0.717, 1.165) is 47.3 Å². The van der Waals surface area contributed by atoms with Gasteiger partial charge in [0.2, 0.25) is 0 Å². The molecule has 4 unspecified atom stereocenters. The molecule has 0 aromatic carbocycles. The molecule has 0 bridgehead atoms. The molecule has 106 valence electrons. The molecule has 4 atom stereocenters. The highest BCUT2D eigenvalue weighted by atomic mass is 14.5. The summed E-state index contributed by atoms with van der Waals surface area (Å²) in [6.07, 6.45) is 5.95. The molecule has 2 aliphatic rings. The Morgan fingerprint density at radius 1 is 0.556 bits per heavy atom. The zero-order valence-electron chi connectivity index (χ0n) is 13.4. The zero-order chi connectivity index (χ0) is 13.4. The third kappa shape index (κ3) is 2.78. The molecular weight excluding hydrogens is 216 g/mol. The average molecular weight is 250 g/mol. The van der Waals surface area contributed by atoms with Crippen molar-refractivity contribution >= 4 is 0 Å². The van der Waals surface area contributed by atoms with Crippen LogP contribution in [0.5, 0.6) is 0 Å². The van der Waals surface area contributed by atoms with Crippen molar-refractivity contribution in [3.05, 3.63) is 0 Å². The van der Waals surface area contributed by atoms with Gasteiger partial charge in [0.25, 0.3) is 0 Å². The second-order valence-electron chi connectivity index (χ2n) is 8.15. The predicted octanol–water partition coefficient (Wildman–Crippen LogP) is 5.62. The molecule has 0 heterocycles. The predicted molar refractivity (Wildman–Crippen MR) is 80.4 cm³/mol. The Morgan fingerprint density at radius 2 is 1.00 bits per heavy atom. The standard InChI is InChI=1S/C18H34/c1-11-7-14(4)18(15(5)8-11)17-9-12(2)16(6)13(3)10-17/h11-18H,7-10H2,1-6H3. The normalized spacial score (nSPS) is 54.3. The number of hydrogen-bond acceptors (Lipinski definition) is 0. The summed E-state index contributed by atoms with van der Waals surface area (Å²) in [5, 5.41) is 0. The maximum Gasteiger partial charge on any atom is -0.0334 e. The van der Waals surface area contributed by atoms with Crippen molar-refractivity contribution in [3.8, 4) is 0 Å². The van der Waals surface area contributed by atoms with E-state index in [1.165, 1.54) is 25.7 Å². The van der Waals surface area contributed by atoms with E-state index in [1.807, 2.05) is 0 Å². The van der Waals surface area contributed by atoms with Crippen molar-refractivity contribution in [1.29, 1.82) is 0 Å². The first-order valence-corrected chi connectivity index (χ1v) is 8.40. The summed E-state index contributed by atoms with van der Waals surface area (Å²) in [6.45, 7) is 15.0. The van der Waals surface area contributed by atoms with Crippen LogP contribution in [0.25, 0.3) is 0 Å². The minimum atomic E-state index is 0.939. The van der Waals surface area contributed by atoms with Crippen LogP contribution in [0.3, 0.4) is 0 Å². The van der Waals surface area contributed by atoms with E-state index in [1.54, 1.807) is 0 Å². The van der Waals surface area contributed by atoms with Crippen LogP contribution >= 0.6 is 0 Å². The van der Waals surface area contributed by atoms with E-state index in [9.17, 15) is 0 Å². The van der Waals surface area contributed by atoms with Crippen LogP contribution in [-0.4, -0.2) is 0 Å². The lowest BCUT2D eigenvalue weighted by Crippen LogP contribution is -2.39.